The number of nitrogens with zero attached hydrogens (tertiary/aromatic N) is 3. The summed E-state index contributed by atoms with van der Waals surface area (Å²) in [6.45, 7) is 0.479. The number of nitrogens with one attached hydrogen (secondary N) is 1. The van der Waals surface area contributed by atoms with Gasteiger partial charge in [0.15, 0.2) is 0 Å². The zero-order valence-electron chi connectivity index (χ0n) is 14.1. The molecule has 1 amide bonds. The first-order valence-electron chi connectivity index (χ1n) is 7.95. The second kappa shape index (κ2) is 6.85. The van der Waals surface area contributed by atoms with Crippen molar-refractivity contribution in [2.75, 3.05) is 19.8 Å². The highest BCUT2D eigenvalue weighted by atomic mass is 32.2. The lowest BCUT2D eigenvalue weighted by atomic mass is 10.0. The number of amides is 1. The van der Waals surface area contributed by atoms with E-state index in [-0.39, 0.29) is 18.0 Å². The summed E-state index contributed by atoms with van der Waals surface area (Å²) in [6, 6.07) is 1.07. The zero-order chi connectivity index (χ0) is 18.2. The second-order valence-corrected chi connectivity index (χ2v) is 9.08. The Morgan fingerprint density at radius 1 is 1.48 bits per heavy atom. The molecular formula is C15H20N4O4S2. The molecule has 0 bridgehead atoms. The Kier molecular flexibility index (Phi) is 4.94. The van der Waals surface area contributed by atoms with Gasteiger partial charge < -0.3 is 9.88 Å². The molecule has 0 aromatic carbocycles. The van der Waals surface area contributed by atoms with E-state index in [1.165, 1.54) is 20.5 Å². The van der Waals surface area contributed by atoms with Crippen molar-refractivity contribution in [3.8, 4) is 0 Å². The third kappa shape index (κ3) is 3.75. The molecule has 0 spiro atoms. The van der Waals surface area contributed by atoms with Gasteiger partial charge in [0.2, 0.25) is 15.9 Å². The van der Waals surface area contributed by atoms with E-state index >= 15 is 0 Å². The maximum atomic E-state index is 12.8. The first-order chi connectivity index (χ1) is 11.8. The minimum Gasteiger partial charge on any atom is -0.337 e. The monoisotopic (exact) mass is 384 g/mol. The number of piperidine rings is 1. The quantitative estimate of drug-likeness (QED) is 0.838. The molecule has 1 fully saturated rings. The molecule has 136 valence electrons. The van der Waals surface area contributed by atoms with Crippen molar-refractivity contribution in [3.63, 3.8) is 0 Å². The normalized spacial score (nSPS) is 19.2. The topological polar surface area (TPSA) is 103 Å². The standard InChI is InChI=1S/C15H20N4O4S2/c1-18(9-12-16-10-6-8-24-13(10)14(20)17-12)15(21)11-5-3-4-7-19(11)25(2,22)23/h6,8,11H,3-5,7,9H2,1-2H3,(H,16,17,20). The molecule has 1 atom stereocenters. The number of sulfonamides is 1. The Morgan fingerprint density at radius 2 is 2.24 bits per heavy atom. The fourth-order valence-electron chi connectivity index (χ4n) is 3.10. The molecule has 1 aliphatic heterocycles. The smallest absolute Gasteiger partial charge is 0.268 e. The largest absolute Gasteiger partial charge is 0.337 e. The van der Waals surface area contributed by atoms with Gasteiger partial charge in [-0.1, -0.05) is 6.42 Å². The molecule has 0 saturated carbocycles. The van der Waals surface area contributed by atoms with E-state index in [1.54, 1.807) is 18.5 Å². The van der Waals surface area contributed by atoms with Crippen LogP contribution in [0.25, 0.3) is 10.2 Å². The van der Waals surface area contributed by atoms with Crippen LogP contribution in [0.1, 0.15) is 25.1 Å². The van der Waals surface area contributed by atoms with Crippen molar-refractivity contribution in [1.29, 1.82) is 0 Å². The predicted octanol–water partition coefficient (Wildman–Crippen LogP) is 0.757. The number of thiophene rings is 1. The van der Waals surface area contributed by atoms with Crippen LogP contribution in [0.4, 0.5) is 0 Å². The molecule has 10 heteroatoms. The Balaban J connectivity index is 1.80. The third-order valence-corrected chi connectivity index (χ3v) is 6.48. The Bertz CT molecular complexity index is 950. The molecule has 3 heterocycles. The van der Waals surface area contributed by atoms with E-state index in [1.807, 2.05) is 0 Å². The molecule has 8 nitrogen and oxygen atoms in total. The van der Waals surface area contributed by atoms with Gasteiger partial charge in [0, 0.05) is 13.6 Å². The van der Waals surface area contributed by atoms with Crippen LogP contribution in [0.5, 0.6) is 0 Å². The lowest BCUT2D eigenvalue weighted by molar-refractivity contribution is -0.135. The lowest BCUT2D eigenvalue weighted by Crippen LogP contribution is -2.51. The van der Waals surface area contributed by atoms with Crippen LogP contribution in [0.3, 0.4) is 0 Å². The van der Waals surface area contributed by atoms with Gasteiger partial charge in [0.05, 0.1) is 18.3 Å². The Hall–Kier alpha value is -1.78. The summed E-state index contributed by atoms with van der Waals surface area (Å²) in [5.41, 5.74) is 0.367. The summed E-state index contributed by atoms with van der Waals surface area (Å²) in [5, 5.41) is 1.79. The Labute approximate surface area is 149 Å². The summed E-state index contributed by atoms with van der Waals surface area (Å²) < 4.78 is 25.7. The molecule has 1 N–H and O–H groups in total. The van der Waals surface area contributed by atoms with Gasteiger partial charge in [-0.25, -0.2) is 13.4 Å². The molecule has 3 rings (SSSR count). The van der Waals surface area contributed by atoms with Crippen molar-refractivity contribution in [2.45, 2.75) is 31.8 Å². The van der Waals surface area contributed by atoms with Crippen molar-refractivity contribution in [2.24, 2.45) is 0 Å². The average Bonchev–Trinajstić information content (AvgIpc) is 3.02. The minimum absolute atomic E-state index is 0.119. The molecular weight excluding hydrogens is 364 g/mol. The number of fused-ring (bicyclic) bond motifs is 1. The second-order valence-electron chi connectivity index (χ2n) is 6.23. The molecule has 0 radical (unpaired) electrons. The van der Waals surface area contributed by atoms with E-state index < -0.39 is 16.1 Å². The van der Waals surface area contributed by atoms with Crippen LogP contribution in [0, 0.1) is 0 Å². The molecule has 0 aliphatic carbocycles. The predicted molar refractivity (Wildman–Crippen MR) is 95.9 cm³/mol. The van der Waals surface area contributed by atoms with Gasteiger partial charge >= 0.3 is 0 Å². The number of H-pyrrole nitrogens is 1. The maximum Gasteiger partial charge on any atom is 0.268 e. The van der Waals surface area contributed by atoms with E-state index in [2.05, 4.69) is 9.97 Å². The molecule has 25 heavy (non-hydrogen) atoms. The number of carbonyl (C=O) groups is 1. The fourth-order valence-corrected chi connectivity index (χ4v) is 4.95. The SMILES string of the molecule is CN(Cc1nc2ccsc2c(=O)[nH]1)C(=O)C1CCCCN1S(C)(=O)=O. The van der Waals surface area contributed by atoms with Crippen LogP contribution in [0.15, 0.2) is 16.2 Å². The zero-order valence-corrected chi connectivity index (χ0v) is 15.7. The van der Waals surface area contributed by atoms with E-state index in [0.717, 1.165) is 19.1 Å². The fraction of sp³-hybridized carbons (Fsp3) is 0.533. The summed E-state index contributed by atoms with van der Waals surface area (Å²) >= 11 is 1.31. The number of hydrogen-bond donors (Lipinski definition) is 1. The molecule has 1 aliphatic rings. The number of carbonyl (C=O) groups excluding carboxylic acids is 1. The van der Waals surface area contributed by atoms with Crippen molar-refractivity contribution in [3.05, 3.63) is 27.6 Å². The van der Waals surface area contributed by atoms with Crippen LogP contribution in [0.2, 0.25) is 0 Å². The van der Waals surface area contributed by atoms with E-state index in [4.69, 9.17) is 0 Å². The number of likely N-dealkylation sites (N-methyl/N-ethyl adjacent to an activating group) is 1. The van der Waals surface area contributed by atoms with Gasteiger partial charge in [-0.2, -0.15) is 4.31 Å². The van der Waals surface area contributed by atoms with Crippen LogP contribution in [-0.4, -0.2) is 59.4 Å². The van der Waals surface area contributed by atoms with Gasteiger partial charge in [-0.3, -0.25) is 9.59 Å². The van der Waals surface area contributed by atoms with Gasteiger partial charge in [0.1, 0.15) is 16.6 Å². The van der Waals surface area contributed by atoms with Crippen molar-refractivity contribution < 1.29 is 13.2 Å². The van der Waals surface area contributed by atoms with Gasteiger partial charge in [-0.05, 0) is 24.3 Å². The summed E-state index contributed by atoms with van der Waals surface area (Å²) in [6.07, 6.45) is 3.20. The number of hydrogen-bond acceptors (Lipinski definition) is 6. The molecule has 2 aromatic rings. The summed E-state index contributed by atoms with van der Waals surface area (Å²) in [5.74, 6) is 0.103. The Morgan fingerprint density at radius 3 is 2.96 bits per heavy atom. The highest BCUT2D eigenvalue weighted by molar-refractivity contribution is 7.88. The minimum atomic E-state index is -3.44. The van der Waals surface area contributed by atoms with Crippen LogP contribution >= 0.6 is 11.3 Å². The highest BCUT2D eigenvalue weighted by Gasteiger charge is 2.36. The summed E-state index contributed by atoms with van der Waals surface area (Å²) in [7, 11) is -1.85. The molecule has 2 aromatic heterocycles. The van der Waals surface area contributed by atoms with Gasteiger partial charge in [0.25, 0.3) is 5.56 Å². The van der Waals surface area contributed by atoms with Crippen LogP contribution in [-0.2, 0) is 21.4 Å². The van der Waals surface area contributed by atoms with Crippen molar-refractivity contribution >= 4 is 37.5 Å². The maximum absolute atomic E-state index is 12.8. The number of aromatic nitrogens is 2. The van der Waals surface area contributed by atoms with Gasteiger partial charge in [-0.15, -0.1) is 11.3 Å². The molecule has 1 saturated heterocycles. The first-order valence-corrected chi connectivity index (χ1v) is 10.7. The third-order valence-electron chi connectivity index (χ3n) is 4.29. The van der Waals surface area contributed by atoms with Crippen molar-refractivity contribution in [1.82, 2.24) is 19.2 Å². The first kappa shape index (κ1) is 18.0. The van der Waals surface area contributed by atoms with Crippen LogP contribution < -0.4 is 5.56 Å². The average molecular weight is 384 g/mol. The molecule has 1 unspecified atom stereocenters. The van der Waals surface area contributed by atoms with E-state index in [9.17, 15) is 18.0 Å². The number of aromatic amines is 1. The highest BCUT2D eigenvalue weighted by Crippen LogP contribution is 2.22. The lowest BCUT2D eigenvalue weighted by Gasteiger charge is -2.34. The number of rotatable bonds is 4. The van der Waals surface area contributed by atoms with E-state index in [0.29, 0.717) is 29.0 Å². The summed E-state index contributed by atoms with van der Waals surface area (Å²) in [4.78, 5) is 33.2.